The van der Waals surface area contributed by atoms with E-state index in [4.69, 9.17) is 9.47 Å². The van der Waals surface area contributed by atoms with Crippen molar-refractivity contribution in [2.24, 2.45) is 0 Å². The fraction of sp³-hybridized carbons (Fsp3) is 0.444. The van der Waals surface area contributed by atoms with Gasteiger partial charge in [-0.2, -0.15) is 15.0 Å². The second kappa shape index (κ2) is 8.57. The minimum absolute atomic E-state index is 0.269. The zero-order valence-corrected chi connectivity index (χ0v) is 15.1. The van der Waals surface area contributed by atoms with Gasteiger partial charge in [0.15, 0.2) is 0 Å². The number of amides is 1. The second-order valence-corrected chi connectivity index (χ2v) is 5.91. The van der Waals surface area contributed by atoms with E-state index in [2.05, 4.69) is 27.2 Å². The Morgan fingerprint density at radius 3 is 2.58 bits per heavy atom. The smallest absolute Gasteiger partial charge is 0.258 e. The van der Waals surface area contributed by atoms with Crippen LogP contribution in [-0.2, 0) is 11.2 Å². The molecule has 0 spiro atoms. The number of carbonyl (C=O) groups excluding carboxylic acids is 1. The summed E-state index contributed by atoms with van der Waals surface area (Å²) in [5, 5.41) is 2.77. The average Bonchev–Trinajstić information content (AvgIpc) is 2.69. The average molecular weight is 357 g/mol. The monoisotopic (exact) mass is 357 g/mol. The highest BCUT2D eigenvalue weighted by Crippen LogP contribution is 2.16. The summed E-state index contributed by atoms with van der Waals surface area (Å²) in [6, 6.07) is 6.88. The van der Waals surface area contributed by atoms with E-state index in [1.807, 2.05) is 4.90 Å². The van der Waals surface area contributed by atoms with Gasteiger partial charge in [-0.1, -0.05) is 6.92 Å². The molecule has 1 fully saturated rings. The first kappa shape index (κ1) is 18.1. The fourth-order valence-corrected chi connectivity index (χ4v) is 2.62. The number of ether oxygens (including phenoxy) is 2. The number of rotatable bonds is 6. The molecule has 1 amide bonds. The lowest BCUT2D eigenvalue weighted by Gasteiger charge is -2.27. The molecule has 26 heavy (non-hydrogen) atoms. The Balaban J connectivity index is 1.80. The first-order chi connectivity index (χ1) is 12.7. The van der Waals surface area contributed by atoms with Gasteiger partial charge >= 0.3 is 0 Å². The SMILES string of the molecule is CCCc1nc(NC(=O)c2ccc(OC)cc2)nc(N2CCOCC2)n1. The molecule has 0 atom stereocenters. The van der Waals surface area contributed by atoms with Crippen molar-refractivity contribution < 1.29 is 14.3 Å². The predicted molar refractivity (Wildman–Crippen MR) is 97.8 cm³/mol. The second-order valence-electron chi connectivity index (χ2n) is 5.91. The molecule has 0 radical (unpaired) electrons. The molecule has 1 aliphatic heterocycles. The number of anilines is 2. The maximum absolute atomic E-state index is 12.5. The molecule has 0 saturated carbocycles. The third-order valence-electron chi connectivity index (χ3n) is 4.01. The normalized spacial score (nSPS) is 14.2. The van der Waals surface area contributed by atoms with Crippen LogP contribution in [0.1, 0.15) is 29.5 Å². The number of aromatic nitrogens is 3. The van der Waals surface area contributed by atoms with Gasteiger partial charge in [-0.25, -0.2) is 0 Å². The largest absolute Gasteiger partial charge is 0.497 e. The molecule has 138 valence electrons. The fourth-order valence-electron chi connectivity index (χ4n) is 2.62. The number of morpholine rings is 1. The Hall–Kier alpha value is -2.74. The molecular formula is C18H23N5O3. The van der Waals surface area contributed by atoms with Crippen molar-refractivity contribution in [2.45, 2.75) is 19.8 Å². The molecule has 1 aromatic heterocycles. The molecule has 0 unspecified atom stereocenters. The Morgan fingerprint density at radius 2 is 1.92 bits per heavy atom. The van der Waals surface area contributed by atoms with E-state index >= 15 is 0 Å². The van der Waals surface area contributed by atoms with Crippen molar-refractivity contribution in [2.75, 3.05) is 43.6 Å². The highest BCUT2D eigenvalue weighted by atomic mass is 16.5. The van der Waals surface area contributed by atoms with Crippen LogP contribution in [-0.4, -0.2) is 54.3 Å². The Labute approximate surface area is 152 Å². The number of hydrogen-bond donors (Lipinski definition) is 1. The first-order valence-corrected chi connectivity index (χ1v) is 8.72. The van der Waals surface area contributed by atoms with E-state index in [1.165, 1.54) is 0 Å². The van der Waals surface area contributed by atoms with E-state index in [1.54, 1.807) is 31.4 Å². The zero-order valence-electron chi connectivity index (χ0n) is 15.1. The molecule has 1 aliphatic rings. The molecule has 8 heteroatoms. The van der Waals surface area contributed by atoms with Crippen LogP contribution in [0, 0.1) is 0 Å². The van der Waals surface area contributed by atoms with Crippen molar-refractivity contribution in [1.82, 2.24) is 15.0 Å². The van der Waals surface area contributed by atoms with Crippen molar-refractivity contribution in [3.63, 3.8) is 0 Å². The van der Waals surface area contributed by atoms with Gasteiger partial charge in [0, 0.05) is 25.1 Å². The van der Waals surface area contributed by atoms with Crippen LogP contribution >= 0.6 is 0 Å². The Morgan fingerprint density at radius 1 is 1.19 bits per heavy atom. The number of methoxy groups -OCH3 is 1. The maximum Gasteiger partial charge on any atom is 0.258 e. The summed E-state index contributed by atoms with van der Waals surface area (Å²) < 4.78 is 10.5. The molecular weight excluding hydrogens is 334 g/mol. The number of aryl methyl sites for hydroxylation is 1. The summed E-state index contributed by atoms with van der Waals surface area (Å²) in [5.74, 6) is 1.95. The van der Waals surface area contributed by atoms with Gasteiger partial charge in [0.2, 0.25) is 11.9 Å². The van der Waals surface area contributed by atoms with Gasteiger partial charge < -0.3 is 14.4 Å². The van der Waals surface area contributed by atoms with Gasteiger partial charge in [-0.05, 0) is 30.7 Å². The van der Waals surface area contributed by atoms with Gasteiger partial charge in [0.05, 0.1) is 20.3 Å². The molecule has 1 N–H and O–H groups in total. The van der Waals surface area contributed by atoms with Crippen LogP contribution < -0.4 is 15.0 Å². The molecule has 1 aromatic carbocycles. The summed E-state index contributed by atoms with van der Waals surface area (Å²) in [7, 11) is 1.59. The van der Waals surface area contributed by atoms with E-state index in [9.17, 15) is 4.79 Å². The topological polar surface area (TPSA) is 89.5 Å². The number of hydrogen-bond acceptors (Lipinski definition) is 7. The molecule has 1 saturated heterocycles. The van der Waals surface area contributed by atoms with Crippen molar-refractivity contribution in [1.29, 1.82) is 0 Å². The number of benzene rings is 1. The summed E-state index contributed by atoms with van der Waals surface area (Å²) in [6.45, 7) is 4.79. The molecule has 2 aromatic rings. The third-order valence-corrected chi connectivity index (χ3v) is 4.01. The third kappa shape index (κ3) is 4.45. The van der Waals surface area contributed by atoms with Crippen molar-refractivity contribution in [3.05, 3.63) is 35.7 Å². The molecule has 0 aliphatic carbocycles. The van der Waals surface area contributed by atoms with Gasteiger partial charge in [0.1, 0.15) is 11.6 Å². The van der Waals surface area contributed by atoms with Crippen molar-refractivity contribution in [3.8, 4) is 5.75 Å². The maximum atomic E-state index is 12.5. The van der Waals surface area contributed by atoms with E-state index in [0.29, 0.717) is 36.3 Å². The quantitative estimate of drug-likeness (QED) is 0.845. The first-order valence-electron chi connectivity index (χ1n) is 8.72. The van der Waals surface area contributed by atoms with Crippen LogP contribution in [0.5, 0.6) is 5.75 Å². The summed E-state index contributed by atoms with van der Waals surface area (Å²) in [4.78, 5) is 27.9. The van der Waals surface area contributed by atoms with Gasteiger partial charge in [-0.15, -0.1) is 0 Å². The minimum atomic E-state index is -0.269. The van der Waals surface area contributed by atoms with E-state index in [0.717, 1.165) is 25.9 Å². The van der Waals surface area contributed by atoms with Crippen LogP contribution in [0.15, 0.2) is 24.3 Å². The van der Waals surface area contributed by atoms with Crippen LogP contribution in [0.3, 0.4) is 0 Å². The van der Waals surface area contributed by atoms with Crippen LogP contribution in [0.4, 0.5) is 11.9 Å². The summed E-state index contributed by atoms with van der Waals surface area (Å²) >= 11 is 0. The zero-order chi connectivity index (χ0) is 18.4. The van der Waals surface area contributed by atoms with Crippen LogP contribution in [0.2, 0.25) is 0 Å². The van der Waals surface area contributed by atoms with Gasteiger partial charge in [0.25, 0.3) is 5.91 Å². The lowest BCUT2D eigenvalue weighted by molar-refractivity contribution is 0.102. The Bertz CT molecular complexity index is 745. The summed E-state index contributed by atoms with van der Waals surface area (Å²) in [5.41, 5.74) is 0.510. The van der Waals surface area contributed by atoms with Crippen molar-refractivity contribution >= 4 is 17.8 Å². The Kier molecular flexibility index (Phi) is 5.96. The minimum Gasteiger partial charge on any atom is -0.497 e. The van der Waals surface area contributed by atoms with Gasteiger partial charge in [-0.3, -0.25) is 10.1 Å². The number of nitrogens with zero attached hydrogens (tertiary/aromatic N) is 4. The highest BCUT2D eigenvalue weighted by molar-refractivity contribution is 6.03. The molecule has 3 rings (SSSR count). The molecule has 0 bridgehead atoms. The summed E-state index contributed by atoms with van der Waals surface area (Å²) in [6.07, 6.45) is 1.64. The van der Waals surface area contributed by atoms with Crippen LogP contribution in [0.25, 0.3) is 0 Å². The lowest BCUT2D eigenvalue weighted by atomic mass is 10.2. The molecule has 8 nitrogen and oxygen atoms in total. The van der Waals surface area contributed by atoms with E-state index < -0.39 is 0 Å². The van der Waals surface area contributed by atoms with E-state index in [-0.39, 0.29) is 11.9 Å². The molecule has 2 heterocycles. The highest BCUT2D eigenvalue weighted by Gasteiger charge is 2.17. The lowest BCUT2D eigenvalue weighted by Crippen LogP contribution is -2.37. The predicted octanol–water partition coefficient (Wildman–Crippen LogP) is 1.92. The standard InChI is InChI=1S/C18H23N5O3/c1-3-4-15-19-17(22-18(20-15)23-9-11-26-12-10-23)21-16(24)13-5-7-14(25-2)8-6-13/h5-8H,3-4,9-12H2,1-2H3,(H,19,20,21,22,24). The number of nitrogens with one attached hydrogen (secondary N) is 1. The number of carbonyl (C=O) groups is 1.